The molecule has 3 nitrogen and oxygen atoms in total. The van der Waals surface area contributed by atoms with Crippen molar-refractivity contribution in [3.05, 3.63) is 0 Å². The Labute approximate surface area is 120 Å². The third-order valence-electron chi connectivity index (χ3n) is 3.48. The largest absolute Gasteiger partial charge is 0.388 e. The molecule has 0 aromatic heterocycles. The number of aliphatic hydroxyl groups excluding tert-OH is 3. The van der Waals surface area contributed by atoms with Gasteiger partial charge in [0, 0.05) is 0 Å². The van der Waals surface area contributed by atoms with E-state index in [2.05, 4.69) is 20.8 Å². The van der Waals surface area contributed by atoms with Crippen molar-refractivity contribution in [2.75, 3.05) is 0 Å². The van der Waals surface area contributed by atoms with Crippen molar-refractivity contribution in [1.29, 1.82) is 0 Å². The molecule has 4 heteroatoms. The highest BCUT2D eigenvalue weighted by Crippen LogP contribution is 2.52. The fourth-order valence-electron chi connectivity index (χ4n) is 2.20. The van der Waals surface area contributed by atoms with Crippen LogP contribution >= 0.6 is 7.92 Å². The maximum absolute atomic E-state index is 10.3. The minimum Gasteiger partial charge on any atom is -0.388 e. The van der Waals surface area contributed by atoms with Crippen LogP contribution in [0.3, 0.4) is 0 Å². The van der Waals surface area contributed by atoms with E-state index in [1.54, 1.807) is 0 Å². The number of hydrogen-bond donors (Lipinski definition) is 3. The summed E-state index contributed by atoms with van der Waals surface area (Å²) in [4.78, 5) is 0. The van der Waals surface area contributed by atoms with E-state index in [4.69, 9.17) is 0 Å². The summed E-state index contributed by atoms with van der Waals surface area (Å²) in [5.41, 5.74) is 0. The molecule has 3 atom stereocenters. The summed E-state index contributed by atoms with van der Waals surface area (Å²) in [6.07, 6.45) is 8.10. The highest BCUT2D eigenvalue weighted by molar-refractivity contribution is 7.59. The van der Waals surface area contributed by atoms with Crippen molar-refractivity contribution >= 4 is 7.92 Å². The van der Waals surface area contributed by atoms with Gasteiger partial charge >= 0.3 is 0 Å². The molecule has 116 valence electrons. The van der Waals surface area contributed by atoms with E-state index in [1.165, 1.54) is 0 Å². The molecule has 0 amide bonds. The normalized spacial score (nSPS) is 18.0. The van der Waals surface area contributed by atoms with Crippen LogP contribution in [0.2, 0.25) is 0 Å². The summed E-state index contributed by atoms with van der Waals surface area (Å²) >= 11 is 0. The summed E-state index contributed by atoms with van der Waals surface area (Å²) in [5, 5.41) is 30.9. The number of unbranched alkanes of at least 4 members (excludes halogenated alkanes) is 3. The zero-order valence-corrected chi connectivity index (χ0v) is 13.8. The Bertz CT molecular complexity index is 169. The molecule has 0 aliphatic carbocycles. The van der Waals surface area contributed by atoms with Gasteiger partial charge in [-0.25, -0.2) is 0 Å². The lowest BCUT2D eigenvalue weighted by atomic mass is 10.2. The maximum Gasteiger partial charge on any atom is 0.0780 e. The Morgan fingerprint density at radius 2 is 0.895 bits per heavy atom. The quantitative estimate of drug-likeness (QED) is 0.477. The lowest BCUT2D eigenvalue weighted by molar-refractivity contribution is 0.178. The Morgan fingerprint density at radius 1 is 0.632 bits per heavy atom. The van der Waals surface area contributed by atoms with E-state index < -0.39 is 25.5 Å². The molecule has 0 aromatic carbocycles. The van der Waals surface area contributed by atoms with Crippen LogP contribution in [0, 0.1) is 0 Å². The second kappa shape index (κ2) is 12.1. The molecule has 0 aliphatic heterocycles. The van der Waals surface area contributed by atoms with Crippen molar-refractivity contribution in [2.24, 2.45) is 0 Å². The van der Waals surface area contributed by atoms with Crippen molar-refractivity contribution in [3.8, 4) is 0 Å². The fourth-order valence-corrected chi connectivity index (χ4v) is 4.84. The zero-order chi connectivity index (χ0) is 14.7. The van der Waals surface area contributed by atoms with Gasteiger partial charge in [-0.3, -0.25) is 0 Å². The molecule has 0 rings (SSSR count). The molecule has 0 fully saturated rings. The zero-order valence-electron chi connectivity index (χ0n) is 12.9. The molecular formula is C15H33O3P. The van der Waals surface area contributed by atoms with Gasteiger partial charge in [0.1, 0.15) is 0 Å². The average molecular weight is 292 g/mol. The summed E-state index contributed by atoms with van der Waals surface area (Å²) in [7, 11) is -1.11. The van der Waals surface area contributed by atoms with E-state index in [0.29, 0.717) is 19.3 Å². The molecular weight excluding hydrogens is 259 g/mol. The topological polar surface area (TPSA) is 60.7 Å². The summed E-state index contributed by atoms with van der Waals surface area (Å²) < 4.78 is 0. The Balaban J connectivity index is 4.50. The molecule has 0 bridgehead atoms. The Kier molecular flexibility index (Phi) is 12.3. The van der Waals surface area contributed by atoms with Gasteiger partial charge in [0.2, 0.25) is 0 Å². The SMILES string of the molecule is CCCCC(O)P(C(O)CCCC)C(O)CCCC. The van der Waals surface area contributed by atoms with Gasteiger partial charge in [-0.15, -0.1) is 0 Å². The third kappa shape index (κ3) is 8.24. The molecule has 19 heavy (non-hydrogen) atoms. The van der Waals surface area contributed by atoms with Gasteiger partial charge in [-0.2, -0.15) is 0 Å². The van der Waals surface area contributed by atoms with E-state index in [1.807, 2.05) is 0 Å². The van der Waals surface area contributed by atoms with E-state index in [-0.39, 0.29) is 0 Å². The van der Waals surface area contributed by atoms with Crippen LogP contribution in [0.4, 0.5) is 0 Å². The standard InChI is InChI=1S/C15H33O3P/c1-4-7-10-13(16)19(14(17)11-8-5-2)15(18)12-9-6-3/h13-18H,4-12H2,1-3H3. The average Bonchev–Trinajstić information content (AvgIpc) is 2.40. The van der Waals surface area contributed by atoms with Crippen molar-refractivity contribution < 1.29 is 15.3 Å². The first-order valence-corrected chi connectivity index (χ1v) is 9.44. The van der Waals surface area contributed by atoms with Crippen LogP contribution in [0.15, 0.2) is 0 Å². The first-order valence-electron chi connectivity index (χ1n) is 7.90. The van der Waals surface area contributed by atoms with E-state index in [9.17, 15) is 15.3 Å². The number of hydrogen-bond acceptors (Lipinski definition) is 3. The van der Waals surface area contributed by atoms with Crippen LogP contribution < -0.4 is 0 Å². The lowest BCUT2D eigenvalue weighted by Crippen LogP contribution is -2.23. The maximum atomic E-state index is 10.3. The minimum absolute atomic E-state index is 0.520. The summed E-state index contributed by atoms with van der Waals surface area (Å²) in [6, 6.07) is 0. The molecule has 0 saturated carbocycles. The molecule has 3 unspecified atom stereocenters. The van der Waals surface area contributed by atoms with Gasteiger partial charge in [0.05, 0.1) is 17.5 Å². The van der Waals surface area contributed by atoms with Crippen LogP contribution in [0.25, 0.3) is 0 Å². The minimum atomic E-state index is -1.11. The molecule has 0 heterocycles. The number of aliphatic hydroxyl groups is 3. The highest BCUT2D eigenvalue weighted by atomic mass is 31.1. The molecule has 0 aromatic rings. The lowest BCUT2D eigenvalue weighted by Gasteiger charge is -2.32. The predicted octanol–water partition coefficient (Wildman–Crippen LogP) is 3.99. The fraction of sp³-hybridized carbons (Fsp3) is 1.00. The third-order valence-corrected chi connectivity index (χ3v) is 6.32. The smallest absolute Gasteiger partial charge is 0.0780 e. The monoisotopic (exact) mass is 292 g/mol. The molecule has 3 N–H and O–H groups in total. The van der Waals surface area contributed by atoms with Crippen LogP contribution in [0.1, 0.15) is 78.6 Å². The second-order valence-corrected chi connectivity index (χ2v) is 8.00. The second-order valence-electron chi connectivity index (χ2n) is 5.32. The van der Waals surface area contributed by atoms with E-state index in [0.717, 1.165) is 38.5 Å². The van der Waals surface area contributed by atoms with Crippen LogP contribution in [-0.2, 0) is 0 Å². The molecule has 0 saturated heterocycles. The van der Waals surface area contributed by atoms with Gasteiger partial charge in [-0.05, 0) is 27.2 Å². The Morgan fingerprint density at radius 3 is 1.11 bits per heavy atom. The van der Waals surface area contributed by atoms with Gasteiger partial charge < -0.3 is 15.3 Å². The van der Waals surface area contributed by atoms with Crippen molar-refractivity contribution in [3.63, 3.8) is 0 Å². The molecule has 0 spiro atoms. The Hall–Kier alpha value is 0.310. The summed E-state index contributed by atoms with van der Waals surface area (Å²) in [6.45, 7) is 6.28. The predicted molar refractivity (Wildman–Crippen MR) is 83.5 cm³/mol. The van der Waals surface area contributed by atoms with Gasteiger partial charge in [0.25, 0.3) is 0 Å². The summed E-state index contributed by atoms with van der Waals surface area (Å²) in [5.74, 6) is -1.56. The van der Waals surface area contributed by atoms with Crippen LogP contribution in [0.5, 0.6) is 0 Å². The van der Waals surface area contributed by atoms with Crippen molar-refractivity contribution in [1.82, 2.24) is 0 Å². The molecule has 0 radical (unpaired) electrons. The van der Waals surface area contributed by atoms with Crippen LogP contribution in [-0.4, -0.2) is 32.9 Å². The first-order chi connectivity index (χ1) is 9.08. The highest BCUT2D eigenvalue weighted by Gasteiger charge is 2.31. The number of rotatable bonds is 12. The molecule has 0 aliphatic rings. The first kappa shape index (κ1) is 19.3. The van der Waals surface area contributed by atoms with Crippen molar-refractivity contribution in [2.45, 2.75) is 96.1 Å². The van der Waals surface area contributed by atoms with Gasteiger partial charge in [0.15, 0.2) is 0 Å². The van der Waals surface area contributed by atoms with E-state index >= 15 is 0 Å². The van der Waals surface area contributed by atoms with Gasteiger partial charge in [-0.1, -0.05) is 59.3 Å².